The van der Waals surface area contributed by atoms with Gasteiger partial charge < -0.3 is 10.0 Å². The first-order chi connectivity index (χ1) is 8.15. The molecule has 0 aromatic heterocycles. The van der Waals surface area contributed by atoms with Gasteiger partial charge in [0.05, 0.1) is 5.41 Å². The van der Waals surface area contributed by atoms with Crippen LogP contribution in [0.4, 0.5) is 5.69 Å². The predicted molar refractivity (Wildman–Crippen MR) is 75.3 cm³/mol. The number of aryl methyl sites for hydroxylation is 3. The molecule has 0 atom stereocenters. The maximum atomic E-state index is 11.2. The van der Waals surface area contributed by atoms with Gasteiger partial charge in [-0.1, -0.05) is 6.07 Å². The smallest absolute Gasteiger partial charge is 0.310 e. The number of carboxylic acids is 1. The Kier molecular flexibility index (Phi) is 4.05. The predicted octanol–water partition coefficient (Wildman–Crippen LogP) is 3.16. The Balaban J connectivity index is 3.01. The van der Waals surface area contributed by atoms with Crippen molar-refractivity contribution in [3.8, 4) is 0 Å². The standard InChI is InChI=1S/C15H23NO2/c1-10-7-12(3)13(8-11(10)2)16(6)9-15(4,5)14(17)18/h7-8H,9H2,1-6H3,(H,17,18). The Morgan fingerprint density at radius 2 is 1.67 bits per heavy atom. The van der Waals surface area contributed by atoms with Crippen molar-refractivity contribution in [3.63, 3.8) is 0 Å². The summed E-state index contributed by atoms with van der Waals surface area (Å²) in [4.78, 5) is 13.2. The van der Waals surface area contributed by atoms with E-state index in [9.17, 15) is 9.90 Å². The third-order valence-corrected chi connectivity index (χ3v) is 3.43. The third kappa shape index (κ3) is 3.03. The van der Waals surface area contributed by atoms with Crippen molar-refractivity contribution in [2.75, 3.05) is 18.5 Å². The Hall–Kier alpha value is -1.51. The highest BCUT2D eigenvalue weighted by molar-refractivity contribution is 5.74. The summed E-state index contributed by atoms with van der Waals surface area (Å²) < 4.78 is 0. The first-order valence-corrected chi connectivity index (χ1v) is 6.17. The van der Waals surface area contributed by atoms with Gasteiger partial charge in [0.1, 0.15) is 0 Å². The van der Waals surface area contributed by atoms with Crippen LogP contribution in [0.15, 0.2) is 12.1 Å². The van der Waals surface area contributed by atoms with Crippen molar-refractivity contribution in [1.82, 2.24) is 0 Å². The van der Waals surface area contributed by atoms with E-state index in [0.717, 1.165) is 5.69 Å². The van der Waals surface area contributed by atoms with Crippen molar-refractivity contribution in [2.45, 2.75) is 34.6 Å². The summed E-state index contributed by atoms with van der Waals surface area (Å²) in [6.07, 6.45) is 0. The quantitative estimate of drug-likeness (QED) is 0.891. The molecule has 0 amide bonds. The molecule has 0 saturated heterocycles. The molecular formula is C15H23NO2. The minimum Gasteiger partial charge on any atom is -0.481 e. The summed E-state index contributed by atoms with van der Waals surface area (Å²) in [5.74, 6) is -0.768. The van der Waals surface area contributed by atoms with Crippen LogP contribution in [0.25, 0.3) is 0 Å². The van der Waals surface area contributed by atoms with E-state index in [-0.39, 0.29) is 0 Å². The lowest BCUT2D eigenvalue weighted by molar-refractivity contribution is -0.146. The fourth-order valence-corrected chi connectivity index (χ4v) is 2.10. The number of anilines is 1. The highest BCUT2D eigenvalue weighted by Gasteiger charge is 2.29. The molecule has 3 heteroatoms. The summed E-state index contributed by atoms with van der Waals surface area (Å²) in [5, 5.41) is 9.18. The molecule has 0 aliphatic carbocycles. The molecular weight excluding hydrogens is 226 g/mol. The Bertz CT molecular complexity index is 464. The minimum atomic E-state index is -0.768. The van der Waals surface area contributed by atoms with Crippen LogP contribution in [0.1, 0.15) is 30.5 Å². The Morgan fingerprint density at radius 1 is 1.17 bits per heavy atom. The number of carboxylic acid groups (broad SMARTS) is 1. The van der Waals surface area contributed by atoms with E-state index >= 15 is 0 Å². The van der Waals surface area contributed by atoms with Crippen molar-refractivity contribution < 1.29 is 9.90 Å². The Labute approximate surface area is 109 Å². The van der Waals surface area contributed by atoms with Gasteiger partial charge in [0.25, 0.3) is 0 Å². The van der Waals surface area contributed by atoms with E-state index in [0.29, 0.717) is 6.54 Å². The van der Waals surface area contributed by atoms with Crippen LogP contribution in [0, 0.1) is 26.2 Å². The van der Waals surface area contributed by atoms with Crippen LogP contribution in [0.5, 0.6) is 0 Å². The topological polar surface area (TPSA) is 40.5 Å². The van der Waals surface area contributed by atoms with Crippen molar-refractivity contribution in [2.24, 2.45) is 5.41 Å². The van der Waals surface area contributed by atoms with E-state index in [1.807, 2.05) is 11.9 Å². The van der Waals surface area contributed by atoms with E-state index in [4.69, 9.17) is 0 Å². The number of nitrogens with zero attached hydrogens (tertiary/aromatic N) is 1. The highest BCUT2D eigenvalue weighted by Crippen LogP contribution is 2.26. The largest absolute Gasteiger partial charge is 0.481 e. The molecule has 100 valence electrons. The summed E-state index contributed by atoms with van der Waals surface area (Å²) in [5.41, 5.74) is 4.03. The monoisotopic (exact) mass is 249 g/mol. The van der Waals surface area contributed by atoms with Crippen LogP contribution in [-0.2, 0) is 4.79 Å². The van der Waals surface area contributed by atoms with Gasteiger partial charge in [0.2, 0.25) is 0 Å². The van der Waals surface area contributed by atoms with E-state index in [1.54, 1.807) is 13.8 Å². The van der Waals surface area contributed by atoms with E-state index in [2.05, 4.69) is 32.9 Å². The number of aliphatic carboxylic acids is 1. The lowest BCUT2D eigenvalue weighted by Gasteiger charge is -2.29. The fourth-order valence-electron chi connectivity index (χ4n) is 2.10. The molecule has 0 bridgehead atoms. The molecule has 3 nitrogen and oxygen atoms in total. The van der Waals surface area contributed by atoms with Crippen LogP contribution in [0.3, 0.4) is 0 Å². The molecule has 1 aromatic rings. The number of hydrogen-bond donors (Lipinski definition) is 1. The second-order valence-electron chi connectivity index (χ2n) is 5.77. The zero-order chi connectivity index (χ0) is 14.1. The second-order valence-corrected chi connectivity index (χ2v) is 5.77. The molecule has 1 aromatic carbocycles. The number of benzene rings is 1. The third-order valence-electron chi connectivity index (χ3n) is 3.43. The molecule has 0 radical (unpaired) electrons. The Morgan fingerprint density at radius 3 is 2.17 bits per heavy atom. The second kappa shape index (κ2) is 5.01. The lowest BCUT2D eigenvalue weighted by atomic mass is 9.92. The first kappa shape index (κ1) is 14.6. The molecule has 18 heavy (non-hydrogen) atoms. The minimum absolute atomic E-state index is 0.492. The van der Waals surface area contributed by atoms with Gasteiger partial charge in [-0.2, -0.15) is 0 Å². The maximum Gasteiger partial charge on any atom is 0.310 e. The summed E-state index contributed by atoms with van der Waals surface area (Å²) in [7, 11) is 1.95. The lowest BCUT2D eigenvalue weighted by Crippen LogP contribution is -2.37. The van der Waals surface area contributed by atoms with Crippen molar-refractivity contribution in [1.29, 1.82) is 0 Å². The highest BCUT2D eigenvalue weighted by atomic mass is 16.4. The number of hydrogen-bond acceptors (Lipinski definition) is 2. The summed E-state index contributed by atoms with van der Waals surface area (Å²) in [6, 6.07) is 4.28. The summed E-state index contributed by atoms with van der Waals surface area (Å²) >= 11 is 0. The molecule has 1 rings (SSSR count). The van der Waals surface area contributed by atoms with E-state index in [1.165, 1.54) is 16.7 Å². The van der Waals surface area contributed by atoms with Gasteiger partial charge in [-0.05, 0) is 57.4 Å². The van der Waals surface area contributed by atoms with Crippen LogP contribution >= 0.6 is 0 Å². The zero-order valence-electron chi connectivity index (χ0n) is 12.2. The molecule has 0 fully saturated rings. The molecule has 0 heterocycles. The van der Waals surface area contributed by atoms with Crippen molar-refractivity contribution in [3.05, 3.63) is 28.8 Å². The van der Waals surface area contributed by atoms with Crippen LogP contribution < -0.4 is 4.90 Å². The van der Waals surface area contributed by atoms with Gasteiger partial charge in [0.15, 0.2) is 0 Å². The van der Waals surface area contributed by atoms with Gasteiger partial charge in [-0.15, -0.1) is 0 Å². The van der Waals surface area contributed by atoms with Gasteiger partial charge in [0, 0.05) is 19.3 Å². The fraction of sp³-hybridized carbons (Fsp3) is 0.533. The number of carbonyl (C=O) groups is 1. The molecule has 1 N–H and O–H groups in total. The summed E-state index contributed by atoms with van der Waals surface area (Å²) in [6.45, 7) is 10.2. The number of rotatable bonds is 4. The van der Waals surface area contributed by atoms with Crippen LogP contribution in [0.2, 0.25) is 0 Å². The molecule has 0 aliphatic heterocycles. The van der Waals surface area contributed by atoms with E-state index < -0.39 is 11.4 Å². The molecule has 0 unspecified atom stereocenters. The van der Waals surface area contributed by atoms with Crippen LogP contribution in [-0.4, -0.2) is 24.7 Å². The zero-order valence-corrected chi connectivity index (χ0v) is 12.2. The molecule has 0 spiro atoms. The van der Waals surface area contributed by atoms with Gasteiger partial charge in [-0.25, -0.2) is 0 Å². The van der Waals surface area contributed by atoms with Crippen molar-refractivity contribution >= 4 is 11.7 Å². The average Bonchev–Trinajstić information content (AvgIpc) is 2.22. The SMILES string of the molecule is Cc1cc(C)c(N(C)CC(C)(C)C(=O)O)cc1C. The normalized spacial score (nSPS) is 11.4. The first-order valence-electron chi connectivity index (χ1n) is 6.17. The molecule has 0 aliphatic rings. The van der Waals surface area contributed by atoms with Gasteiger partial charge >= 0.3 is 5.97 Å². The van der Waals surface area contributed by atoms with Gasteiger partial charge in [-0.3, -0.25) is 4.79 Å². The maximum absolute atomic E-state index is 11.2. The average molecular weight is 249 g/mol. The molecule has 0 saturated carbocycles.